The third-order valence-corrected chi connectivity index (χ3v) is 6.48. The molecule has 1 aliphatic carbocycles. The van der Waals surface area contributed by atoms with Crippen LogP contribution in [0.4, 0.5) is 4.79 Å². The van der Waals surface area contributed by atoms with Crippen molar-refractivity contribution in [2.24, 2.45) is 0 Å². The summed E-state index contributed by atoms with van der Waals surface area (Å²) in [7, 11) is 1.09. The molecule has 1 aromatic heterocycles. The van der Waals surface area contributed by atoms with Gasteiger partial charge in [-0.1, -0.05) is 0 Å². The van der Waals surface area contributed by atoms with E-state index in [9.17, 15) is 24.9 Å². The minimum Gasteiger partial charge on any atom is -0.467 e. The Hall–Kier alpha value is -2.86. The fourth-order valence-electron chi connectivity index (χ4n) is 4.88. The van der Waals surface area contributed by atoms with Crippen molar-refractivity contribution in [3.05, 3.63) is 35.7 Å². The highest BCUT2D eigenvalue weighted by Gasteiger charge is 2.50. The Morgan fingerprint density at radius 1 is 1.00 bits per heavy atom. The van der Waals surface area contributed by atoms with Gasteiger partial charge in [0.05, 0.1) is 18.1 Å². The number of carbonyl (C=O) groups is 2. The smallest absolute Gasteiger partial charge is 0.412 e. The Morgan fingerprint density at radius 2 is 1.59 bits per heavy atom. The molecule has 1 aromatic carbocycles. The Morgan fingerprint density at radius 3 is 2.16 bits per heavy atom. The predicted octanol–water partition coefficient (Wildman–Crippen LogP) is -0.367. The second-order valence-corrected chi connectivity index (χ2v) is 8.36. The molecule has 0 spiro atoms. The number of hydrogen-bond acceptors (Lipinski definition) is 10. The maximum Gasteiger partial charge on any atom is 0.412 e. The highest BCUT2D eigenvalue weighted by atomic mass is 16.7. The van der Waals surface area contributed by atoms with Crippen LogP contribution >= 0.6 is 0 Å². The molecule has 3 aliphatic rings. The minimum absolute atomic E-state index is 0.107. The van der Waals surface area contributed by atoms with Gasteiger partial charge in [-0.25, -0.2) is 9.59 Å². The Bertz CT molecular complexity index is 1010. The molecule has 2 fully saturated rings. The average Bonchev–Trinajstić information content (AvgIpc) is 3.05. The number of esters is 1. The van der Waals surface area contributed by atoms with Gasteiger partial charge in [-0.3, -0.25) is 9.97 Å². The lowest BCUT2D eigenvalue weighted by Crippen LogP contribution is -2.61. The Labute approximate surface area is 182 Å². The van der Waals surface area contributed by atoms with Crippen LogP contribution < -0.4 is 0 Å². The van der Waals surface area contributed by atoms with Crippen LogP contribution in [0.5, 0.6) is 0 Å². The summed E-state index contributed by atoms with van der Waals surface area (Å²) in [6, 6.07) is 4.04. The molecule has 0 radical (unpaired) electrons. The molecule has 11 nitrogen and oxygen atoms in total. The maximum absolute atomic E-state index is 12.9. The van der Waals surface area contributed by atoms with Crippen LogP contribution in [0.1, 0.15) is 29.4 Å². The van der Waals surface area contributed by atoms with Crippen molar-refractivity contribution >= 4 is 23.1 Å². The van der Waals surface area contributed by atoms with Crippen molar-refractivity contribution in [1.82, 2.24) is 14.9 Å². The molecule has 0 saturated carbocycles. The van der Waals surface area contributed by atoms with E-state index in [1.54, 1.807) is 12.4 Å². The summed E-state index contributed by atoms with van der Waals surface area (Å²) >= 11 is 0. The first-order valence-electron chi connectivity index (χ1n) is 10.3. The Balaban J connectivity index is 1.32. The van der Waals surface area contributed by atoms with E-state index >= 15 is 0 Å². The molecule has 0 unspecified atom stereocenters. The number of hydrogen-bond donors (Lipinski definition) is 3. The minimum atomic E-state index is -1.75. The van der Waals surface area contributed by atoms with Gasteiger partial charge < -0.3 is 34.4 Å². The summed E-state index contributed by atoms with van der Waals surface area (Å²) < 4.78 is 15.1. The lowest BCUT2D eigenvalue weighted by molar-refractivity contribution is -0.280. The monoisotopic (exact) mass is 445 g/mol. The molecular formula is C21H23N3O8. The first-order chi connectivity index (χ1) is 15.4. The second kappa shape index (κ2) is 7.93. The number of carbonyl (C=O) groups excluding carboxylic acids is 2. The Kier molecular flexibility index (Phi) is 5.20. The van der Waals surface area contributed by atoms with Crippen LogP contribution in [0.25, 0.3) is 11.0 Å². The molecule has 11 heteroatoms. The van der Waals surface area contributed by atoms with Crippen molar-refractivity contribution in [3.8, 4) is 0 Å². The van der Waals surface area contributed by atoms with Crippen molar-refractivity contribution in [3.63, 3.8) is 0 Å². The van der Waals surface area contributed by atoms with Crippen molar-refractivity contribution in [2.75, 3.05) is 20.2 Å². The van der Waals surface area contributed by atoms with Gasteiger partial charge in [-0.2, -0.15) is 0 Å². The van der Waals surface area contributed by atoms with E-state index in [4.69, 9.17) is 9.47 Å². The van der Waals surface area contributed by atoms with E-state index < -0.39 is 42.8 Å². The molecule has 2 aromatic rings. The van der Waals surface area contributed by atoms with Crippen molar-refractivity contribution in [1.29, 1.82) is 0 Å². The SMILES string of the molecule is COC(=O)[C@H]1O[C@@H](OC(=O)N2C[C@H]3C[C@@H](C2)c2cc4nccnc4cc23)[C@H](O)[C@@H](O)[C@@H]1O. The number of nitrogens with zero attached hydrogens (tertiary/aromatic N) is 3. The number of methoxy groups -OCH3 is 1. The molecular weight excluding hydrogens is 422 g/mol. The van der Waals surface area contributed by atoms with Gasteiger partial charge in [-0.15, -0.1) is 0 Å². The number of benzene rings is 1. The largest absolute Gasteiger partial charge is 0.467 e. The van der Waals surface area contributed by atoms with Gasteiger partial charge in [0.15, 0.2) is 6.10 Å². The quantitative estimate of drug-likeness (QED) is 0.522. The van der Waals surface area contributed by atoms with E-state index in [1.807, 2.05) is 12.1 Å². The molecule has 2 aliphatic heterocycles. The number of piperidine rings is 1. The zero-order valence-electron chi connectivity index (χ0n) is 17.2. The fourth-order valence-corrected chi connectivity index (χ4v) is 4.88. The van der Waals surface area contributed by atoms with Crippen LogP contribution in [-0.2, 0) is 19.0 Å². The summed E-state index contributed by atoms with van der Waals surface area (Å²) in [5.41, 5.74) is 3.87. The van der Waals surface area contributed by atoms with Gasteiger partial charge >= 0.3 is 12.1 Å². The van der Waals surface area contributed by atoms with Gasteiger partial charge in [0.2, 0.25) is 6.29 Å². The van der Waals surface area contributed by atoms with E-state index in [1.165, 1.54) is 4.90 Å². The number of aliphatic hydroxyl groups is 3. The molecule has 2 saturated heterocycles. The van der Waals surface area contributed by atoms with Gasteiger partial charge in [-0.05, 0) is 29.7 Å². The molecule has 1 amide bonds. The van der Waals surface area contributed by atoms with Crippen LogP contribution in [0.2, 0.25) is 0 Å². The zero-order valence-corrected chi connectivity index (χ0v) is 17.2. The summed E-state index contributed by atoms with van der Waals surface area (Å²) in [6.07, 6.45) is -4.99. The third kappa shape index (κ3) is 3.37. The van der Waals surface area contributed by atoms with Gasteiger partial charge in [0, 0.05) is 37.3 Å². The first-order valence-corrected chi connectivity index (χ1v) is 10.3. The summed E-state index contributed by atoms with van der Waals surface area (Å²) in [5, 5.41) is 30.2. The number of aliphatic hydroxyl groups excluding tert-OH is 3. The predicted molar refractivity (Wildman–Crippen MR) is 106 cm³/mol. The number of ether oxygens (including phenoxy) is 3. The summed E-state index contributed by atoms with van der Waals surface area (Å²) in [5.74, 6) is -0.740. The third-order valence-electron chi connectivity index (χ3n) is 6.48. The lowest BCUT2D eigenvalue weighted by Gasteiger charge is -2.39. The van der Waals surface area contributed by atoms with E-state index in [-0.39, 0.29) is 11.8 Å². The van der Waals surface area contributed by atoms with Gasteiger partial charge in [0.25, 0.3) is 0 Å². The normalized spacial score (nSPS) is 33.6. The number of likely N-dealkylation sites (tertiary alicyclic amines) is 1. The summed E-state index contributed by atoms with van der Waals surface area (Å²) in [4.78, 5) is 34.9. The molecule has 7 atom stereocenters. The van der Waals surface area contributed by atoms with Crippen molar-refractivity contribution in [2.45, 2.75) is 49.0 Å². The topological polar surface area (TPSA) is 152 Å². The maximum atomic E-state index is 12.9. The van der Waals surface area contributed by atoms with Crippen LogP contribution in [0, 0.1) is 0 Å². The van der Waals surface area contributed by atoms with Crippen LogP contribution in [0.15, 0.2) is 24.5 Å². The standard InChI is InChI=1S/C21H23N3O8/c1-30-19(28)18-16(26)15(25)17(27)20(31-18)32-21(29)24-7-9-4-10(8-24)12-6-14-13(5-11(9)12)22-2-3-23-14/h2-3,5-6,9-10,15-18,20,25-27H,4,7-8H2,1H3/t9-,10+,15-,16-,17+,18-,20-/m0/s1. The first kappa shape index (κ1) is 21.0. The van der Waals surface area contributed by atoms with Gasteiger partial charge in [0.1, 0.15) is 18.3 Å². The van der Waals surface area contributed by atoms with Crippen LogP contribution in [0.3, 0.4) is 0 Å². The lowest BCUT2D eigenvalue weighted by atomic mass is 9.96. The number of aromatic nitrogens is 2. The average molecular weight is 445 g/mol. The van der Waals surface area contributed by atoms with Crippen molar-refractivity contribution < 1.29 is 39.1 Å². The summed E-state index contributed by atoms with van der Waals surface area (Å²) in [6.45, 7) is 0.811. The molecule has 2 bridgehead atoms. The highest BCUT2D eigenvalue weighted by Crippen LogP contribution is 2.47. The van der Waals surface area contributed by atoms with E-state index in [0.29, 0.717) is 13.1 Å². The number of rotatable bonds is 2. The fraction of sp³-hybridized carbons (Fsp3) is 0.524. The van der Waals surface area contributed by atoms with E-state index in [0.717, 1.165) is 35.7 Å². The molecule has 32 heavy (non-hydrogen) atoms. The molecule has 3 heterocycles. The highest BCUT2D eigenvalue weighted by molar-refractivity contribution is 5.78. The number of fused-ring (bicyclic) bond motifs is 6. The zero-order chi connectivity index (χ0) is 22.6. The van der Waals surface area contributed by atoms with E-state index in [2.05, 4.69) is 14.7 Å². The second-order valence-electron chi connectivity index (χ2n) is 8.36. The molecule has 170 valence electrons. The molecule has 5 rings (SSSR count). The van der Waals surface area contributed by atoms with Crippen LogP contribution in [-0.4, -0.2) is 93.2 Å². The number of amides is 1. The molecule has 3 N–H and O–H groups in total.